The molecular weight excluding hydrogens is 250 g/mol. The predicted octanol–water partition coefficient (Wildman–Crippen LogP) is 2.53. The van der Waals surface area contributed by atoms with Gasteiger partial charge in [-0.25, -0.2) is 0 Å². The fourth-order valence-corrected chi connectivity index (χ4v) is 3.82. The van der Waals surface area contributed by atoms with Crippen LogP contribution in [0.25, 0.3) is 0 Å². The number of nitrogens with zero attached hydrogens (tertiary/aromatic N) is 1. The van der Waals surface area contributed by atoms with Crippen LogP contribution in [-0.4, -0.2) is 19.0 Å². The average molecular weight is 273 g/mol. The number of benzene rings is 1. The molecule has 0 radical (unpaired) electrons. The highest BCUT2D eigenvalue weighted by atomic mass is 16.1. The minimum absolute atomic E-state index is 0.434. The van der Waals surface area contributed by atoms with Crippen LogP contribution in [0.5, 0.6) is 0 Å². The van der Waals surface area contributed by atoms with Gasteiger partial charge in [0.1, 0.15) is 0 Å². The second kappa shape index (κ2) is 5.00. The summed E-state index contributed by atoms with van der Waals surface area (Å²) in [5, 5.41) is 0. The molecular formula is C16H23N3O. The molecule has 1 aliphatic carbocycles. The van der Waals surface area contributed by atoms with Crippen molar-refractivity contribution in [3.05, 3.63) is 23.8 Å². The summed E-state index contributed by atoms with van der Waals surface area (Å²) in [4.78, 5) is 13.7. The lowest BCUT2D eigenvalue weighted by molar-refractivity contribution is 0.100. The predicted molar refractivity (Wildman–Crippen MR) is 81.7 cm³/mol. The van der Waals surface area contributed by atoms with Gasteiger partial charge in [-0.05, 0) is 49.3 Å². The van der Waals surface area contributed by atoms with Crippen LogP contribution in [-0.2, 0) is 0 Å². The molecule has 0 unspecified atom stereocenters. The van der Waals surface area contributed by atoms with E-state index in [1.807, 2.05) is 12.1 Å². The Hall–Kier alpha value is -1.71. The van der Waals surface area contributed by atoms with E-state index in [1.165, 1.54) is 38.5 Å². The average Bonchev–Trinajstić information content (AvgIpc) is 2.88. The Bertz CT molecular complexity index is 510. The molecule has 2 fully saturated rings. The Kier molecular flexibility index (Phi) is 3.32. The van der Waals surface area contributed by atoms with Gasteiger partial charge in [0, 0.05) is 24.5 Å². The smallest absolute Gasteiger partial charge is 0.250 e. The molecule has 3 rings (SSSR count). The summed E-state index contributed by atoms with van der Waals surface area (Å²) in [6, 6.07) is 5.62. The second-order valence-electron chi connectivity index (χ2n) is 6.33. The Morgan fingerprint density at radius 3 is 2.35 bits per heavy atom. The first-order chi connectivity index (χ1) is 9.60. The zero-order valence-corrected chi connectivity index (χ0v) is 11.9. The van der Waals surface area contributed by atoms with E-state index >= 15 is 0 Å². The number of carbonyl (C=O) groups is 1. The summed E-state index contributed by atoms with van der Waals surface area (Å²) in [5.41, 5.74) is 13.7. The summed E-state index contributed by atoms with van der Waals surface area (Å²) in [7, 11) is 0. The molecule has 1 saturated carbocycles. The van der Waals surface area contributed by atoms with E-state index in [4.69, 9.17) is 11.5 Å². The van der Waals surface area contributed by atoms with E-state index in [9.17, 15) is 4.79 Å². The van der Waals surface area contributed by atoms with Gasteiger partial charge in [0.2, 0.25) is 0 Å². The number of hydrogen-bond acceptors (Lipinski definition) is 3. The summed E-state index contributed by atoms with van der Waals surface area (Å²) < 4.78 is 0. The fourth-order valence-electron chi connectivity index (χ4n) is 3.82. The van der Waals surface area contributed by atoms with Gasteiger partial charge in [-0.2, -0.15) is 0 Å². The Morgan fingerprint density at radius 1 is 1.10 bits per heavy atom. The molecule has 1 amide bonds. The summed E-state index contributed by atoms with van der Waals surface area (Å²) >= 11 is 0. The summed E-state index contributed by atoms with van der Waals surface area (Å²) in [6.07, 6.45) is 8.12. The first-order valence-electron chi connectivity index (χ1n) is 7.54. The van der Waals surface area contributed by atoms with Crippen molar-refractivity contribution in [1.82, 2.24) is 0 Å². The van der Waals surface area contributed by atoms with Gasteiger partial charge in [0.25, 0.3) is 5.91 Å². The van der Waals surface area contributed by atoms with Crippen molar-refractivity contribution < 1.29 is 4.79 Å². The van der Waals surface area contributed by atoms with Crippen LogP contribution in [0.2, 0.25) is 0 Å². The third-order valence-corrected chi connectivity index (χ3v) is 5.16. The van der Waals surface area contributed by atoms with E-state index in [-0.39, 0.29) is 0 Å². The molecule has 0 atom stereocenters. The minimum Gasteiger partial charge on any atom is -0.398 e. The van der Waals surface area contributed by atoms with Crippen LogP contribution in [0.1, 0.15) is 48.9 Å². The number of hydrogen-bond donors (Lipinski definition) is 2. The minimum atomic E-state index is -0.450. The van der Waals surface area contributed by atoms with Crippen molar-refractivity contribution in [2.24, 2.45) is 11.1 Å². The van der Waals surface area contributed by atoms with E-state index < -0.39 is 5.91 Å². The van der Waals surface area contributed by atoms with Gasteiger partial charge in [0.05, 0.1) is 5.56 Å². The third kappa shape index (κ3) is 2.35. The maximum atomic E-state index is 11.4. The SMILES string of the molecule is NC(=O)c1cc(N2CCC3(CCCC3)CC2)ccc1N. The van der Waals surface area contributed by atoms with Crippen LogP contribution in [0.4, 0.5) is 11.4 Å². The van der Waals surface area contributed by atoms with Crippen molar-refractivity contribution in [1.29, 1.82) is 0 Å². The number of primary amides is 1. The van der Waals surface area contributed by atoms with E-state index in [2.05, 4.69) is 4.90 Å². The monoisotopic (exact) mass is 273 g/mol. The molecule has 1 aliphatic heterocycles. The van der Waals surface area contributed by atoms with Crippen molar-refractivity contribution in [2.75, 3.05) is 23.7 Å². The molecule has 1 saturated heterocycles. The third-order valence-electron chi connectivity index (χ3n) is 5.16. The second-order valence-corrected chi connectivity index (χ2v) is 6.33. The normalized spacial score (nSPS) is 21.3. The number of rotatable bonds is 2. The Labute approximate surface area is 120 Å². The van der Waals surface area contributed by atoms with Crippen LogP contribution < -0.4 is 16.4 Å². The first kappa shape index (κ1) is 13.3. The largest absolute Gasteiger partial charge is 0.398 e. The molecule has 4 nitrogen and oxygen atoms in total. The molecule has 108 valence electrons. The molecule has 0 aromatic heterocycles. The molecule has 20 heavy (non-hydrogen) atoms. The lowest BCUT2D eigenvalue weighted by atomic mass is 9.77. The molecule has 4 heteroatoms. The molecule has 0 bridgehead atoms. The standard InChI is InChI=1S/C16H23N3O/c17-14-4-3-12(11-13(14)15(18)20)19-9-7-16(8-10-19)5-1-2-6-16/h3-4,11H,1-2,5-10,17H2,(H2,18,20). The topological polar surface area (TPSA) is 72.4 Å². The maximum Gasteiger partial charge on any atom is 0.250 e. The lowest BCUT2D eigenvalue weighted by Crippen LogP contribution is -2.39. The first-order valence-corrected chi connectivity index (χ1v) is 7.54. The van der Waals surface area contributed by atoms with Crippen molar-refractivity contribution in [3.63, 3.8) is 0 Å². The van der Waals surface area contributed by atoms with Gasteiger partial charge < -0.3 is 16.4 Å². The van der Waals surface area contributed by atoms with Crippen molar-refractivity contribution in [2.45, 2.75) is 38.5 Å². The van der Waals surface area contributed by atoms with E-state index in [0.717, 1.165) is 18.8 Å². The highest BCUT2D eigenvalue weighted by Gasteiger charge is 2.36. The number of nitrogens with two attached hydrogens (primary N) is 2. The molecule has 1 aromatic rings. The van der Waals surface area contributed by atoms with Gasteiger partial charge in [-0.1, -0.05) is 12.8 Å². The number of nitrogen functional groups attached to an aromatic ring is 1. The van der Waals surface area contributed by atoms with E-state index in [0.29, 0.717) is 16.7 Å². The zero-order chi connectivity index (χ0) is 14.2. The summed E-state index contributed by atoms with van der Waals surface area (Å²) in [5.74, 6) is -0.450. The highest BCUT2D eigenvalue weighted by Crippen LogP contribution is 2.46. The molecule has 1 spiro atoms. The van der Waals surface area contributed by atoms with Crippen LogP contribution in [0, 0.1) is 5.41 Å². The quantitative estimate of drug-likeness (QED) is 0.813. The zero-order valence-electron chi connectivity index (χ0n) is 11.9. The highest BCUT2D eigenvalue weighted by molar-refractivity contribution is 5.99. The van der Waals surface area contributed by atoms with Crippen LogP contribution >= 0.6 is 0 Å². The number of carbonyl (C=O) groups excluding carboxylic acids is 1. The number of anilines is 2. The lowest BCUT2D eigenvalue weighted by Gasteiger charge is -2.40. The van der Waals surface area contributed by atoms with Gasteiger partial charge in [-0.3, -0.25) is 4.79 Å². The van der Waals surface area contributed by atoms with Crippen molar-refractivity contribution >= 4 is 17.3 Å². The number of amides is 1. The molecule has 1 aromatic carbocycles. The van der Waals surface area contributed by atoms with Crippen molar-refractivity contribution in [3.8, 4) is 0 Å². The Balaban J connectivity index is 1.75. The van der Waals surface area contributed by atoms with Crippen LogP contribution in [0.15, 0.2) is 18.2 Å². The number of piperidine rings is 1. The Morgan fingerprint density at radius 2 is 1.75 bits per heavy atom. The maximum absolute atomic E-state index is 11.4. The molecule has 4 N–H and O–H groups in total. The molecule has 2 aliphatic rings. The van der Waals surface area contributed by atoms with Crippen LogP contribution in [0.3, 0.4) is 0 Å². The summed E-state index contributed by atoms with van der Waals surface area (Å²) in [6.45, 7) is 2.14. The van der Waals surface area contributed by atoms with Gasteiger partial charge in [-0.15, -0.1) is 0 Å². The van der Waals surface area contributed by atoms with Gasteiger partial charge >= 0.3 is 0 Å². The fraction of sp³-hybridized carbons (Fsp3) is 0.562. The molecule has 1 heterocycles. The van der Waals surface area contributed by atoms with E-state index in [1.54, 1.807) is 6.07 Å². The van der Waals surface area contributed by atoms with Gasteiger partial charge in [0.15, 0.2) is 0 Å².